The van der Waals surface area contributed by atoms with E-state index >= 15 is 0 Å². The summed E-state index contributed by atoms with van der Waals surface area (Å²) in [6.07, 6.45) is 7.38. The smallest absolute Gasteiger partial charge is 0.254 e. The zero-order chi connectivity index (χ0) is 21.1. The maximum Gasteiger partial charge on any atom is 0.254 e. The van der Waals surface area contributed by atoms with Crippen molar-refractivity contribution in [1.29, 1.82) is 0 Å². The number of aliphatic hydroxyl groups excluding tert-OH is 1. The van der Waals surface area contributed by atoms with Crippen molar-refractivity contribution in [1.82, 2.24) is 15.6 Å². The molecule has 162 valence electrons. The maximum absolute atomic E-state index is 12.6. The highest BCUT2D eigenvalue weighted by atomic mass is 16.3. The lowest BCUT2D eigenvalue weighted by Gasteiger charge is -2.41. The fourth-order valence-corrected chi connectivity index (χ4v) is 5.03. The van der Waals surface area contributed by atoms with Crippen LogP contribution in [0.1, 0.15) is 54.4 Å². The second-order valence-corrected chi connectivity index (χ2v) is 8.92. The molecule has 0 radical (unpaired) electrons. The molecule has 1 amide bonds. The molecule has 4 rings (SSSR count). The highest BCUT2D eigenvalue weighted by Crippen LogP contribution is 2.29. The molecule has 30 heavy (non-hydrogen) atoms. The van der Waals surface area contributed by atoms with Gasteiger partial charge in [-0.3, -0.25) is 4.79 Å². The van der Waals surface area contributed by atoms with Crippen LogP contribution in [0.2, 0.25) is 0 Å². The molecule has 1 aliphatic heterocycles. The van der Waals surface area contributed by atoms with Gasteiger partial charge in [0.2, 0.25) is 0 Å². The Bertz CT molecular complexity index is 894. The van der Waals surface area contributed by atoms with E-state index in [1.165, 1.54) is 32.1 Å². The van der Waals surface area contributed by atoms with Crippen LogP contribution < -0.4 is 15.5 Å². The molecule has 6 nitrogen and oxygen atoms in total. The van der Waals surface area contributed by atoms with E-state index in [9.17, 15) is 9.90 Å². The van der Waals surface area contributed by atoms with Crippen molar-refractivity contribution in [3.8, 4) is 0 Å². The van der Waals surface area contributed by atoms with E-state index in [1.807, 2.05) is 19.1 Å². The number of carbonyl (C=O) groups excluding carboxylic acids is 1. The number of hydrogen-bond acceptors (Lipinski definition) is 5. The number of nitrogens with one attached hydrogen (secondary N) is 2. The van der Waals surface area contributed by atoms with Gasteiger partial charge in [-0.25, -0.2) is 4.98 Å². The SMILES string of the molecule is CNC(=O)c1cc2cc(C)ccc2nc1N1CCC(NC2CCCCC2)C(CO)C1. The van der Waals surface area contributed by atoms with Gasteiger partial charge in [-0.15, -0.1) is 0 Å². The summed E-state index contributed by atoms with van der Waals surface area (Å²) in [6.45, 7) is 3.72. The minimum absolute atomic E-state index is 0.121. The summed E-state index contributed by atoms with van der Waals surface area (Å²) >= 11 is 0. The van der Waals surface area contributed by atoms with Gasteiger partial charge in [-0.1, -0.05) is 30.9 Å². The zero-order valence-corrected chi connectivity index (χ0v) is 18.2. The Morgan fingerprint density at radius 3 is 2.73 bits per heavy atom. The van der Waals surface area contributed by atoms with E-state index < -0.39 is 0 Å². The normalized spacial score (nSPS) is 23.0. The third-order valence-electron chi connectivity index (χ3n) is 6.74. The predicted molar refractivity (Wildman–Crippen MR) is 121 cm³/mol. The van der Waals surface area contributed by atoms with Crippen molar-refractivity contribution in [2.24, 2.45) is 5.92 Å². The van der Waals surface area contributed by atoms with Gasteiger partial charge in [0, 0.05) is 50.1 Å². The summed E-state index contributed by atoms with van der Waals surface area (Å²) < 4.78 is 0. The summed E-state index contributed by atoms with van der Waals surface area (Å²) in [4.78, 5) is 19.7. The Hall–Kier alpha value is -2.18. The number of aliphatic hydroxyl groups is 1. The molecule has 0 bridgehead atoms. The first kappa shape index (κ1) is 21.1. The number of piperidine rings is 1. The van der Waals surface area contributed by atoms with E-state index in [1.54, 1.807) is 7.05 Å². The van der Waals surface area contributed by atoms with Gasteiger partial charge in [0.05, 0.1) is 11.1 Å². The minimum Gasteiger partial charge on any atom is -0.396 e. The fourth-order valence-electron chi connectivity index (χ4n) is 5.03. The molecule has 1 aromatic heterocycles. The minimum atomic E-state index is -0.121. The second-order valence-electron chi connectivity index (χ2n) is 8.92. The number of amides is 1. The number of pyridine rings is 1. The topological polar surface area (TPSA) is 77.5 Å². The van der Waals surface area contributed by atoms with Crippen LogP contribution in [0.5, 0.6) is 0 Å². The number of aromatic nitrogens is 1. The molecule has 2 aliphatic rings. The molecule has 1 saturated heterocycles. The summed E-state index contributed by atoms with van der Waals surface area (Å²) in [5.74, 6) is 0.734. The molecule has 2 fully saturated rings. The summed E-state index contributed by atoms with van der Waals surface area (Å²) in [5.41, 5.74) is 2.65. The number of fused-ring (bicyclic) bond motifs is 1. The monoisotopic (exact) mass is 410 g/mol. The highest BCUT2D eigenvalue weighted by Gasteiger charge is 2.32. The summed E-state index contributed by atoms with van der Waals surface area (Å²) in [7, 11) is 1.66. The van der Waals surface area contributed by atoms with Crippen LogP contribution in [-0.4, -0.2) is 54.8 Å². The summed E-state index contributed by atoms with van der Waals surface area (Å²) in [6, 6.07) is 8.98. The van der Waals surface area contributed by atoms with Crippen molar-refractivity contribution in [2.75, 3.05) is 31.6 Å². The van der Waals surface area contributed by atoms with Crippen LogP contribution >= 0.6 is 0 Å². The van der Waals surface area contributed by atoms with Crippen molar-refractivity contribution < 1.29 is 9.90 Å². The zero-order valence-electron chi connectivity index (χ0n) is 18.2. The van der Waals surface area contributed by atoms with E-state index in [0.717, 1.165) is 35.2 Å². The molecule has 2 heterocycles. The predicted octanol–water partition coefficient (Wildman–Crippen LogP) is 3.01. The lowest BCUT2D eigenvalue weighted by molar-refractivity contribution is 0.0963. The number of anilines is 1. The number of rotatable bonds is 5. The Balaban J connectivity index is 1.58. The Labute approximate surface area is 179 Å². The van der Waals surface area contributed by atoms with E-state index in [2.05, 4.69) is 27.7 Å². The molecule has 6 heteroatoms. The van der Waals surface area contributed by atoms with E-state index in [0.29, 0.717) is 24.2 Å². The van der Waals surface area contributed by atoms with Crippen LogP contribution in [0.3, 0.4) is 0 Å². The Morgan fingerprint density at radius 2 is 2.00 bits per heavy atom. The average molecular weight is 411 g/mol. The standard InChI is InChI=1S/C24H34N4O2/c1-16-8-9-21-17(12-16)13-20(24(30)25-2)23(27-21)28-11-10-22(18(14-28)15-29)26-19-6-4-3-5-7-19/h8-9,12-13,18-19,22,26,29H,3-7,10-11,14-15H2,1-2H3,(H,25,30). The molecule has 2 unspecified atom stereocenters. The van der Waals surface area contributed by atoms with Gasteiger partial charge >= 0.3 is 0 Å². The molecule has 3 N–H and O–H groups in total. The van der Waals surface area contributed by atoms with Crippen molar-refractivity contribution in [3.05, 3.63) is 35.4 Å². The molecule has 2 atom stereocenters. The summed E-state index contributed by atoms with van der Waals surface area (Å²) in [5, 5.41) is 17.7. The van der Waals surface area contributed by atoms with Crippen molar-refractivity contribution >= 4 is 22.6 Å². The van der Waals surface area contributed by atoms with E-state index in [-0.39, 0.29) is 18.4 Å². The van der Waals surface area contributed by atoms with Crippen LogP contribution in [0, 0.1) is 12.8 Å². The highest BCUT2D eigenvalue weighted by molar-refractivity contribution is 6.02. The van der Waals surface area contributed by atoms with Crippen LogP contribution in [0.4, 0.5) is 5.82 Å². The number of nitrogens with zero attached hydrogens (tertiary/aromatic N) is 2. The fraction of sp³-hybridized carbons (Fsp3) is 0.583. The third kappa shape index (κ3) is 4.44. The van der Waals surface area contributed by atoms with Crippen LogP contribution in [-0.2, 0) is 0 Å². The molecule has 1 aromatic carbocycles. The second kappa shape index (κ2) is 9.31. The molecular formula is C24H34N4O2. The number of benzene rings is 1. The molecule has 1 aliphatic carbocycles. The first-order chi connectivity index (χ1) is 14.6. The van der Waals surface area contributed by atoms with Gasteiger partial charge in [-0.2, -0.15) is 0 Å². The first-order valence-electron chi connectivity index (χ1n) is 11.3. The lowest BCUT2D eigenvalue weighted by atomic mass is 9.89. The Kier molecular flexibility index (Phi) is 6.54. The van der Waals surface area contributed by atoms with Crippen molar-refractivity contribution in [2.45, 2.75) is 57.5 Å². The quantitative estimate of drug-likeness (QED) is 0.706. The van der Waals surface area contributed by atoms with Gasteiger partial charge in [-0.05, 0) is 44.4 Å². The van der Waals surface area contributed by atoms with Crippen molar-refractivity contribution in [3.63, 3.8) is 0 Å². The maximum atomic E-state index is 12.6. The number of carbonyl (C=O) groups is 1. The molecule has 2 aromatic rings. The van der Waals surface area contributed by atoms with Crippen LogP contribution in [0.15, 0.2) is 24.3 Å². The van der Waals surface area contributed by atoms with Gasteiger partial charge < -0.3 is 20.6 Å². The number of hydrogen-bond donors (Lipinski definition) is 3. The number of aryl methyl sites for hydroxylation is 1. The first-order valence-corrected chi connectivity index (χ1v) is 11.3. The van der Waals surface area contributed by atoms with E-state index in [4.69, 9.17) is 4.98 Å². The average Bonchev–Trinajstić information content (AvgIpc) is 2.78. The Morgan fingerprint density at radius 1 is 1.20 bits per heavy atom. The third-order valence-corrected chi connectivity index (χ3v) is 6.74. The van der Waals surface area contributed by atoms with Gasteiger partial charge in [0.15, 0.2) is 0 Å². The lowest BCUT2D eigenvalue weighted by Crippen LogP contribution is -2.54. The molecule has 0 spiro atoms. The van der Waals surface area contributed by atoms with Crippen LogP contribution in [0.25, 0.3) is 10.9 Å². The molecular weight excluding hydrogens is 376 g/mol. The largest absolute Gasteiger partial charge is 0.396 e. The van der Waals surface area contributed by atoms with Gasteiger partial charge in [0.25, 0.3) is 5.91 Å². The molecule has 1 saturated carbocycles. The van der Waals surface area contributed by atoms with Gasteiger partial charge in [0.1, 0.15) is 5.82 Å².